The molecule has 30 heavy (non-hydrogen) atoms. The molecule has 2 N–H and O–H groups in total. The van der Waals surface area contributed by atoms with Gasteiger partial charge in [0.05, 0.1) is 6.07 Å². The van der Waals surface area contributed by atoms with Gasteiger partial charge in [-0.05, 0) is 49.4 Å². The average Bonchev–Trinajstić information content (AvgIpc) is 3.18. The molecule has 0 aliphatic rings. The van der Waals surface area contributed by atoms with Crippen molar-refractivity contribution in [2.75, 3.05) is 5.32 Å². The van der Waals surface area contributed by atoms with Crippen molar-refractivity contribution >= 4 is 41.1 Å². The maximum absolute atomic E-state index is 12.8. The number of aryl methyl sites for hydroxylation is 1. The smallest absolute Gasteiger partial charge is 0.401 e. The Bertz CT molecular complexity index is 1120. The number of hydrogen-bond donors (Lipinski definition) is 2. The summed E-state index contributed by atoms with van der Waals surface area (Å²) in [5, 5.41) is 16.5. The number of benzene rings is 2. The number of amides is 2. The second kappa shape index (κ2) is 9.06. The van der Waals surface area contributed by atoms with E-state index in [1.54, 1.807) is 24.3 Å². The fourth-order valence-corrected chi connectivity index (χ4v) is 2.58. The molecule has 3 rings (SSSR count). The zero-order chi connectivity index (χ0) is 21.7. The summed E-state index contributed by atoms with van der Waals surface area (Å²) in [6.45, 7) is 1.91. The van der Waals surface area contributed by atoms with Gasteiger partial charge in [-0.15, -0.1) is 0 Å². The topological polar surface area (TPSA) is 114 Å². The zero-order valence-electron chi connectivity index (χ0n) is 15.7. The second-order valence-corrected chi connectivity index (χ2v) is 6.71. The summed E-state index contributed by atoms with van der Waals surface area (Å²) < 4.78 is 5.07. The van der Waals surface area contributed by atoms with E-state index in [1.165, 1.54) is 24.3 Å². The number of carbonyl (C=O) groups excluding carboxylic acids is 2. The second-order valence-electron chi connectivity index (χ2n) is 6.27. The monoisotopic (exact) mass is 425 g/mol. The highest BCUT2D eigenvalue weighted by Gasteiger charge is 2.17. The van der Waals surface area contributed by atoms with E-state index in [1.807, 2.05) is 19.1 Å². The Morgan fingerprint density at radius 3 is 2.30 bits per heavy atom. The zero-order valence-corrected chi connectivity index (χ0v) is 16.5. The molecule has 1 heterocycles. The van der Waals surface area contributed by atoms with Crippen LogP contribution in [0.4, 0.5) is 11.6 Å². The molecule has 0 aliphatic heterocycles. The fourth-order valence-electron chi connectivity index (χ4n) is 2.45. The molecule has 2 aromatic carbocycles. The normalized spacial score (nSPS) is 11.1. The summed E-state index contributed by atoms with van der Waals surface area (Å²) in [6.07, 6.45) is 1.21. The summed E-state index contributed by atoms with van der Waals surface area (Å²) in [6, 6.07) is 15.6. The SMILES string of the molecule is Cc1ccc(NC(=O)C(=Cc2ccc([N+](=O)[O-])o2)NC(=O)c2ccc(Cl)cc2)cc1. The molecular weight excluding hydrogens is 410 g/mol. The predicted molar refractivity (Wildman–Crippen MR) is 112 cm³/mol. The Hall–Kier alpha value is -3.91. The summed E-state index contributed by atoms with van der Waals surface area (Å²) in [5.41, 5.74) is 1.66. The quantitative estimate of drug-likeness (QED) is 0.341. The maximum atomic E-state index is 12.8. The maximum Gasteiger partial charge on any atom is 0.433 e. The predicted octanol–water partition coefficient (Wildman–Crippen LogP) is 4.56. The van der Waals surface area contributed by atoms with Gasteiger partial charge in [0.2, 0.25) is 0 Å². The lowest BCUT2D eigenvalue weighted by Crippen LogP contribution is -2.30. The van der Waals surface area contributed by atoms with E-state index >= 15 is 0 Å². The van der Waals surface area contributed by atoms with Crippen LogP contribution in [0.5, 0.6) is 0 Å². The van der Waals surface area contributed by atoms with Crippen molar-refractivity contribution in [2.45, 2.75) is 6.92 Å². The number of furan rings is 1. The van der Waals surface area contributed by atoms with E-state index in [-0.39, 0.29) is 17.0 Å². The molecular formula is C21H16ClN3O5. The van der Waals surface area contributed by atoms with Crippen LogP contribution in [0.2, 0.25) is 5.02 Å². The van der Waals surface area contributed by atoms with Crippen LogP contribution >= 0.6 is 11.6 Å². The molecule has 8 nitrogen and oxygen atoms in total. The van der Waals surface area contributed by atoms with Gasteiger partial charge in [-0.2, -0.15) is 0 Å². The Morgan fingerprint density at radius 2 is 1.70 bits per heavy atom. The summed E-state index contributed by atoms with van der Waals surface area (Å²) in [4.78, 5) is 35.5. The molecule has 0 saturated carbocycles. The molecule has 1 aromatic heterocycles. The average molecular weight is 426 g/mol. The first-order valence-corrected chi connectivity index (χ1v) is 9.10. The number of halogens is 1. The van der Waals surface area contributed by atoms with Crippen molar-refractivity contribution in [1.29, 1.82) is 0 Å². The van der Waals surface area contributed by atoms with E-state index < -0.39 is 22.6 Å². The molecule has 0 bridgehead atoms. The number of rotatable bonds is 6. The van der Waals surface area contributed by atoms with Crippen molar-refractivity contribution in [1.82, 2.24) is 5.32 Å². The Balaban J connectivity index is 1.88. The molecule has 0 radical (unpaired) electrons. The van der Waals surface area contributed by atoms with Crippen molar-refractivity contribution in [3.63, 3.8) is 0 Å². The van der Waals surface area contributed by atoms with Gasteiger partial charge in [-0.1, -0.05) is 29.3 Å². The van der Waals surface area contributed by atoms with Gasteiger partial charge >= 0.3 is 5.88 Å². The van der Waals surface area contributed by atoms with Gasteiger partial charge in [-0.25, -0.2) is 0 Å². The summed E-state index contributed by atoms with van der Waals surface area (Å²) in [5.74, 6) is -1.63. The van der Waals surface area contributed by atoms with Gasteiger partial charge in [0.15, 0.2) is 0 Å². The van der Waals surface area contributed by atoms with E-state index in [0.29, 0.717) is 10.7 Å². The van der Waals surface area contributed by atoms with E-state index in [0.717, 1.165) is 11.6 Å². The van der Waals surface area contributed by atoms with Gasteiger partial charge < -0.3 is 15.1 Å². The van der Waals surface area contributed by atoms with E-state index in [4.69, 9.17) is 16.0 Å². The number of nitrogens with one attached hydrogen (secondary N) is 2. The first-order chi connectivity index (χ1) is 14.3. The molecule has 9 heteroatoms. The highest BCUT2D eigenvalue weighted by atomic mass is 35.5. The Morgan fingerprint density at radius 1 is 1.03 bits per heavy atom. The van der Waals surface area contributed by atoms with Crippen LogP contribution in [0.25, 0.3) is 6.08 Å². The van der Waals surface area contributed by atoms with Crippen LogP contribution in [0.15, 0.2) is 70.8 Å². The van der Waals surface area contributed by atoms with Crippen molar-refractivity contribution in [3.05, 3.63) is 98.4 Å². The molecule has 0 fully saturated rings. The van der Waals surface area contributed by atoms with Gasteiger partial charge in [0.25, 0.3) is 11.8 Å². The standard InChI is InChI=1S/C21H16ClN3O5/c1-13-2-8-16(9-3-13)23-21(27)18(12-17-10-11-19(30-17)25(28)29)24-20(26)14-4-6-15(22)7-5-14/h2-12H,1H3,(H,23,27)(H,24,26). The van der Waals surface area contributed by atoms with Crippen molar-refractivity contribution < 1.29 is 18.9 Å². The van der Waals surface area contributed by atoms with Crippen LogP contribution < -0.4 is 10.6 Å². The van der Waals surface area contributed by atoms with Crippen LogP contribution in [-0.4, -0.2) is 16.7 Å². The fraction of sp³-hybridized carbons (Fsp3) is 0.0476. The lowest BCUT2D eigenvalue weighted by Gasteiger charge is -2.11. The number of nitro groups is 1. The molecule has 2 amide bonds. The third-order valence-electron chi connectivity index (χ3n) is 3.99. The number of nitrogens with zero attached hydrogens (tertiary/aromatic N) is 1. The summed E-state index contributed by atoms with van der Waals surface area (Å²) in [7, 11) is 0. The van der Waals surface area contributed by atoms with Crippen LogP contribution in [-0.2, 0) is 4.79 Å². The lowest BCUT2D eigenvalue weighted by atomic mass is 10.2. The molecule has 0 saturated heterocycles. The van der Waals surface area contributed by atoms with Crippen LogP contribution in [0.3, 0.4) is 0 Å². The minimum atomic E-state index is -0.699. The van der Waals surface area contributed by atoms with Crippen LogP contribution in [0.1, 0.15) is 21.7 Å². The number of anilines is 1. The minimum absolute atomic E-state index is 0.0344. The first-order valence-electron chi connectivity index (χ1n) is 8.73. The molecule has 152 valence electrons. The molecule has 3 aromatic rings. The minimum Gasteiger partial charge on any atom is -0.401 e. The van der Waals surface area contributed by atoms with Crippen molar-refractivity contribution in [3.8, 4) is 0 Å². The largest absolute Gasteiger partial charge is 0.433 e. The first kappa shape index (κ1) is 20.8. The molecule has 0 aliphatic carbocycles. The third-order valence-corrected chi connectivity index (χ3v) is 4.24. The third kappa shape index (κ3) is 5.33. The van der Waals surface area contributed by atoms with Crippen LogP contribution in [0, 0.1) is 17.0 Å². The van der Waals surface area contributed by atoms with Gasteiger partial charge in [-0.3, -0.25) is 19.7 Å². The Labute approximate surface area is 176 Å². The molecule has 0 atom stereocenters. The molecule has 0 unspecified atom stereocenters. The highest BCUT2D eigenvalue weighted by molar-refractivity contribution is 6.30. The summed E-state index contributed by atoms with van der Waals surface area (Å²) >= 11 is 5.83. The van der Waals surface area contributed by atoms with Gasteiger partial charge in [0, 0.05) is 22.3 Å². The van der Waals surface area contributed by atoms with Gasteiger partial charge in [0.1, 0.15) is 16.4 Å². The molecule has 0 spiro atoms. The number of hydrogen-bond acceptors (Lipinski definition) is 5. The van der Waals surface area contributed by atoms with E-state index in [9.17, 15) is 19.7 Å². The van der Waals surface area contributed by atoms with Crippen molar-refractivity contribution in [2.24, 2.45) is 0 Å². The lowest BCUT2D eigenvalue weighted by molar-refractivity contribution is -0.402. The Kier molecular flexibility index (Phi) is 6.29. The van der Waals surface area contributed by atoms with E-state index in [2.05, 4.69) is 10.6 Å². The number of carbonyl (C=O) groups is 2. The highest BCUT2D eigenvalue weighted by Crippen LogP contribution is 2.19.